The van der Waals surface area contributed by atoms with Crippen molar-refractivity contribution in [2.45, 2.75) is 26.3 Å². The topological polar surface area (TPSA) is 26.0 Å². The van der Waals surface area contributed by atoms with E-state index in [0.29, 0.717) is 5.92 Å². The molecular formula is C11H15BrFN. The van der Waals surface area contributed by atoms with Gasteiger partial charge in [-0.1, -0.05) is 36.2 Å². The smallest absolute Gasteiger partial charge is 0.123 e. The molecule has 2 atom stereocenters. The zero-order valence-electron chi connectivity index (χ0n) is 8.43. The van der Waals surface area contributed by atoms with Gasteiger partial charge in [-0.25, -0.2) is 4.39 Å². The summed E-state index contributed by atoms with van der Waals surface area (Å²) in [4.78, 5) is 0. The third-order valence-electron chi connectivity index (χ3n) is 2.57. The highest BCUT2D eigenvalue weighted by Gasteiger charge is 2.16. The van der Waals surface area contributed by atoms with E-state index in [9.17, 15) is 4.39 Å². The van der Waals surface area contributed by atoms with Gasteiger partial charge in [0, 0.05) is 10.5 Å². The summed E-state index contributed by atoms with van der Waals surface area (Å²) in [6.45, 7) is 4.15. The Bertz CT molecular complexity index is 314. The van der Waals surface area contributed by atoms with Crippen molar-refractivity contribution >= 4 is 15.9 Å². The van der Waals surface area contributed by atoms with Gasteiger partial charge >= 0.3 is 0 Å². The molecule has 0 aliphatic heterocycles. The van der Waals surface area contributed by atoms with Crippen LogP contribution in [0.15, 0.2) is 22.7 Å². The second-order valence-electron chi connectivity index (χ2n) is 3.58. The molecule has 0 saturated carbocycles. The van der Waals surface area contributed by atoms with Crippen LogP contribution in [-0.2, 0) is 0 Å². The van der Waals surface area contributed by atoms with Gasteiger partial charge in [0.2, 0.25) is 0 Å². The summed E-state index contributed by atoms with van der Waals surface area (Å²) < 4.78 is 13.9. The van der Waals surface area contributed by atoms with Crippen LogP contribution in [0.4, 0.5) is 4.39 Å². The maximum atomic E-state index is 13.0. The fraction of sp³-hybridized carbons (Fsp3) is 0.455. The predicted octanol–water partition coefficient (Wildman–Crippen LogP) is 3.63. The molecule has 0 heterocycles. The van der Waals surface area contributed by atoms with Crippen molar-refractivity contribution in [3.63, 3.8) is 0 Å². The molecule has 78 valence electrons. The van der Waals surface area contributed by atoms with Gasteiger partial charge in [0.15, 0.2) is 0 Å². The molecule has 2 unspecified atom stereocenters. The first-order valence-corrected chi connectivity index (χ1v) is 5.56. The summed E-state index contributed by atoms with van der Waals surface area (Å²) in [5, 5.41) is 0. The molecule has 0 fully saturated rings. The van der Waals surface area contributed by atoms with Crippen LogP contribution in [0.2, 0.25) is 0 Å². The van der Waals surface area contributed by atoms with E-state index in [1.54, 1.807) is 6.07 Å². The van der Waals surface area contributed by atoms with E-state index in [1.807, 2.05) is 0 Å². The lowest BCUT2D eigenvalue weighted by Gasteiger charge is -2.19. The fourth-order valence-electron chi connectivity index (χ4n) is 1.33. The highest BCUT2D eigenvalue weighted by Crippen LogP contribution is 2.28. The minimum atomic E-state index is -0.234. The molecule has 0 aliphatic rings. The molecule has 0 radical (unpaired) electrons. The van der Waals surface area contributed by atoms with Gasteiger partial charge in [-0.15, -0.1) is 0 Å². The van der Waals surface area contributed by atoms with E-state index in [0.717, 1.165) is 16.5 Å². The Morgan fingerprint density at radius 2 is 2.14 bits per heavy atom. The maximum absolute atomic E-state index is 13.0. The monoisotopic (exact) mass is 259 g/mol. The molecular weight excluding hydrogens is 245 g/mol. The highest BCUT2D eigenvalue weighted by molar-refractivity contribution is 9.10. The lowest BCUT2D eigenvalue weighted by Crippen LogP contribution is -2.19. The Balaban J connectivity index is 2.99. The van der Waals surface area contributed by atoms with Crippen molar-refractivity contribution in [2.75, 3.05) is 0 Å². The van der Waals surface area contributed by atoms with E-state index in [1.165, 1.54) is 12.1 Å². The quantitative estimate of drug-likeness (QED) is 0.882. The van der Waals surface area contributed by atoms with Crippen LogP contribution in [0, 0.1) is 11.7 Å². The number of rotatable bonds is 3. The van der Waals surface area contributed by atoms with Crippen molar-refractivity contribution in [3.8, 4) is 0 Å². The summed E-state index contributed by atoms with van der Waals surface area (Å²) in [6.07, 6.45) is 0.990. The third-order valence-corrected chi connectivity index (χ3v) is 3.30. The highest BCUT2D eigenvalue weighted by atomic mass is 79.9. The van der Waals surface area contributed by atoms with E-state index < -0.39 is 0 Å². The third kappa shape index (κ3) is 2.55. The van der Waals surface area contributed by atoms with Crippen molar-refractivity contribution in [1.29, 1.82) is 0 Å². The van der Waals surface area contributed by atoms with Crippen LogP contribution < -0.4 is 5.73 Å². The number of nitrogens with two attached hydrogens (primary N) is 1. The molecule has 0 spiro atoms. The van der Waals surface area contributed by atoms with Crippen LogP contribution >= 0.6 is 15.9 Å². The van der Waals surface area contributed by atoms with Gasteiger partial charge in [-0.3, -0.25) is 0 Å². The maximum Gasteiger partial charge on any atom is 0.123 e. The summed E-state index contributed by atoms with van der Waals surface area (Å²) in [5.41, 5.74) is 6.87. The minimum Gasteiger partial charge on any atom is -0.324 e. The van der Waals surface area contributed by atoms with E-state index in [4.69, 9.17) is 5.73 Å². The largest absolute Gasteiger partial charge is 0.324 e. The van der Waals surface area contributed by atoms with Crippen LogP contribution in [0.3, 0.4) is 0 Å². The Kier molecular flexibility index (Phi) is 4.08. The summed E-state index contributed by atoms with van der Waals surface area (Å²) in [6, 6.07) is 4.52. The van der Waals surface area contributed by atoms with Gasteiger partial charge in [0.1, 0.15) is 5.82 Å². The molecule has 0 aliphatic carbocycles. The molecule has 0 saturated heterocycles. The molecule has 3 heteroatoms. The van der Waals surface area contributed by atoms with Crippen molar-refractivity contribution in [1.82, 2.24) is 0 Å². The summed E-state index contributed by atoms with van der Waals surface area (Å²) in [7, 11) is 0. The summed E-state index contributed by atoms with van der Waals surface area (Å²) in [5.74, 6) is 0.120. The minimum absolute atomic E-state index is 0.106. The van der Waals surface area contributed by atoms with Gasteiger partial charge in [-0.2, -0.15) is 0 Å². The molecule has 1 rings (SSSR count). The lowest BCUT2D eigenvalue weighted by molar-refractivity contribution is 0.453. The number of halogens is 2. The molecule has 14 heavy (non-hydrogen) atoms. The molecule has 1 aromatic carbocycles. The molecule has 0 amide bonds. The normalized spacial score (nSPS) is 15.2. The molecule has 0 aromatic heterocycles. The average molecular weight is 260 g/mol. The Morgan fingerprint density at radius 3 is 2.71 bits per heavy atom. The molecule has 1 nitrogen and oxygen atoms in total. The lowest BCUT2D eigenvalue weighted by atomic mass is 9.93. The SMILES string of the molecule is CCC(C)C(N)c1cc(F)ccc1Br. The van der Waals surface area contributed by atoms with E-state index in [2.05, 4.69) is 29.8 Å². The van der Waals surface area contributed by atoms with Gasteiger partial charge in [0.25, 0.3) is 0 Å². The number of benzene rings is 1. The first kappa shape index (κ1) is 11.7. The summed E-state index contributed by atoms with van der Waals surface area (Å²) >= 11 is 3.38. The fourth-order valence-corrected chi connectivity index (χ4v) is 1.84. The van der Waals surface area contributed by atoms with Crippen molar-refractivity contribution in [3.05, 3.63) is 34.1 Å². The number of hydrogen-bond donors (Lipinski definition) is 1. The molecule has 0 bridgehead atoms. The zero-order chi connectivity index (χ0) is 10.7. The van der Waals surface area contributed by atoms with Gasteiger partial charge in [0.05, 0.1) is 0 Å². The van der Waals surface area contributed by atoms with E-state index >= 15 is 0 Å². The Morgan fingerprint density at radius 1 is 1.50 bits per heavy atom. The Hall–Kier alpha value is -0.410. The van der Waals surface area contributed by atoms with Crippen LogP contribution in [0.5, 0.6) is 0 Å². The van der Waals surface area contributed by atoms with E-state index in [-0.39, 0.29) is 11.9 Å². The predicted molar refractivity (Wildman–Crippen MR) is 60.5 cm³/mol. The average Bonchev–Trinajstić information content (AvgIpc) is 2.19. The van der Waals surface area contributed by atoms with Gasteiger partial charge in [-0.05, 0) is 29.7 Å². The molecule has 2 N–H and O–H groups in total. The van der Waals surface area contributed by atoms with Crippen molar-refractivity contribution < 1.29 is 4.39 Å². The van der Waals surface area contributed by atoms with Crippen molar-refractivity contribution in [2.24, 2.45) is 11.7 Å². The van der Waals surface area contributed by atoms with Crippen LogP contribution in [-0.4, -0.2) is 0 Å². The standard InChI is InChI=1S/C11H15BrFN/c1-3-7(2)11(14)9-6-8(13)4-5-10(9)12/h4-7,11H,3,14H2,1-2H3. The second-order valence-corrected chi connectivity index (χ2v) is 4.43. The van der Waals surface area contributed by atoms with Crippen LogP contribution in [0.1, 0.15) is 31.9 Å². The first-order valence-electron chi connectivity index (χ1n) is 4.76. The second kappa shape index (κ2) is 4.89. The molecule has 1 aromatic rings. The first-order chi connectivity index (χ1) is 6.56. The van der Waals surface area contributed by atoms with Gasteiger partial charge < -0.3 is 5.73 Å². The number of hydrogen-bond acceptors (Lipinski definition) is 1. The van der Waals surface area contributed by atoms with Crippen LogP contribution in [0.25, 0.3) is 0 Å². The Labute approximate surface area is 92.6 Å². The zero-order valence-corrected chi connectivity index (χ0v) is 10.0.